The Labute approximate surface area is 92.4 Å². The van der Waals surface area contributed by atoms with Gasteiger partial charge in [-0.05, 0) is 24.7 Å². The molecule has 0 spiro atoms. The third kappa shape index (κ3) is 4.06. The molecule has 2 nitrogen and oxygen atoms in total. The molecule has 1 fully saturated rings. The van der Waals surface area contributed by atoms with E-state index < -0.39 is 5.97 Å². The Morgan fingerprint density at radius 1 is 1.27 bits per heavy atom. The summed E-state index contributed by atoms with van der Waals surface area (Å²) in [4.78, 5) is 10.8. The van der Waals surface area contributed by atoms with E-state index in [0.29, 0.717) is 5.92 Å². The molecule has 1 saturated carbocycles. The molecule has 1 rings (SSSR count). The molecule has 0 aromatic heterocycles. The van der Waals surface area contributed by atoms with Gasteiger partial charge in [-0.3, -0.25) is 4.79 Å². The van der Waals surface area contributed by atoms with Crippen LogP contribution in [0, 0.1) is 17.8 Å². The Hall–Kier alpha value is -0.790. The third-order valence-corrected chi connectivity index (χ3v) is 3.51. The molecule has 86 valence electrons. The lowest BCUT2D eigenvalue weighted by Gasteiger charge is -2.19. The first kappa shape index (κ1) is 12.3. The van der Waals surface area contributed by atoms with E-state index in [1.54, 1.807) is 6.92 Å². The number of aliphatic carboxylic acids is 1. The van der Waals surface area contributed by atoms with Crippen LogP contribution in [0.5, 0.6) is 0 Å². The van der Waals surface area contributed by atoms with E-state index in [4.69, 9.17) is 5.11 Å². The van der Waals surface area contributed by atoms with Crippen LogP contribution in [0.15, 0.2) is 12.2 Å². The number of carbonyl (C=O) groups is 1. The highest BCUT2D eigenvalue weighted by molar-refractivity contribution is 5.70. The summed E-state index contributed by atoms with van der Waals surface area (Å²) in [5.41, 5.74) is 0. The SMILES string of the molecule is CC(/C=C/C1CCCCC1)C(C)C(=O)O. The van der Waals surface area contributed by atoms with Crippen LogP contribution in [0.2, 0.25) is 0 Å². The average molecular weight is 210 g/mol. The number of carboxylic acids is 1. The second-order valence-electron chi connectivity index (χ2n) is 4.77. The zero-order valence-electron chi connectivity index (χ0n) is 9.78. The average Bonchev–Trinajstić information content (AvgIpc) is 2.26. The topological polar surface area (TPSA) is 37.3 Å². The summed E-state index contributed by atoms with van der Waals surface area (Å²) in [5, 5.41) is 8.86. The van der Waals surface area contributed by atoms with Crippen molar-refractivity contribution in [1.82, 2.24) is 0 Å². The zero-order chi connectivity index (χ0) is 11.3. The van der Waals surface area contributed by atoms with Crippen LogP contribution in [-0.4, -0.2) is 11.1 Å². The molecule has 0 amide bonds. The Balaban J connectivity index is 2.38. The predicted octanol–water partition coefficient (Wildman–Crippen LogP) is 3.48. The van der Waals surface area contributed by atoms with Crippen molar-refractivity contribution in [2.45, 2.75) is 46.0 Å². The van der Waals surface area contributed by atoms with Gasteiger partial charge in [0.25, 0.3) is 0 Å². The standard InChI is InChI=1S/C13H22O2/c1-10(11(2)13(14)15)8-9-12-6-4-3-5-7-12/h8-12H,3-7H2,1-2H3,(H,14,15)/b9-8+. The van der Waals surface area contributed by atoms with Crippen LogP contribution < -0.4 is 0 Å². The zero-order valence-corrected chi connectivity index (χ0v) is 9.78. The lowest BCUT2D eigenvalue weighted by atomic mass is 9.87. The first-order valence-electron chi connectivity index (χ1n) is 6.02. The molecular formula is C13H22O2. The fraction of sp³-hybridized carbons (Fsp3) is 0.769. The maximum atomic E-state index is 10.8. The molecule has 15 heavy (non-hydrogen) atoms. The van der Waals surface area contributed by atoms with Crippen molar-refractivity contribution in [2.24, 2.45) is 17.8 Å². The number of hydrogen-bond donors (Lipinski definition) is 1. The molecule has 1 N–H and O–H groups in total. The second-order valence-corrected chi connectivity index (χ2v) is 4.77. The van der Waals surface area contributed by atoms with Crippen molar-refractivity contribution in [1.29, 1.82) is 0 Å². The van der Waals surface area contributed by atoms with Crippen LogP contribution in [0.1, 0.15) is 46.0 Å². The molecule has 0 saturated heterocycles. The van der Waals surface area contributed by atoms with Gasteiger partial charge in [-0.1, -0.05) is 45.3 Å². The number of hydrogen-bond acceptors (Lipinski definition) is 1. The number of allylic oxidation sites excluding steroid dienone is 2. The van der Waals surface area contributed by atoms with Crippen molar-refractivity contribution < 1.29 is 9.90 Å². The van der Waals surface area contributed by atoms with Gasteiger partial charge in [-0.15, -0.1) is 0 Å². The summed E-state index contributed by atoms with van der Waals surface area (Å²) in [6.45, 7) is 3.76. The maximum absolute atomic E-state index is 10.8. The molecule has 0 aromatic rings. The van der Waals surface area contributed by atoms with Crippen LogP contribution in [-0.2, 0) is 4.79 Å². The molecule has 0 aliphatic heterocycles. The van der Waals surface area contributed by atoms with Crippen molar-refractivity contribution in [3.63, 3.8) is 0 Å². The van der Waals surface area contributed by atoms with Crippen LogP contribution >= 0.6 is 0 Å². The quantitative estimate of drug-likeness (QED) is 0.721. The monoisotopic (exact) mass is 210 g/mol. The summed E-state index contributed by atoms with van der Waals surface area (Å²) in [6, 6.07) is 0. The van der Waals surface area contributed by atoms with E-state index in [1.807, 2.05) is 6.92 Å². The highest BCUT2D eigenvalue weighted by Gasteiger charge is 2.17. The lowest BCUT2D eigenvalue weighted by molar-refractivity contribution is -0.142. The molecule has 0 radical (unpaired) electrons. The molecule has 0 aromatic carbocycles. The molecule has 2 heteroatoms. The van der Waals surface area contributed by atoms with E-state index in [1.165, 1.54) is 32.1 Å². The van der Waals surface area contributed by atoms with E-state index in [-0.39, 0.29) is 11.8 Å². The predicted molar refractivity (Wildman–Crippen MR) is 61.7 cm³/mol. The van der Waals surface area contributed by atoms with E-state index in [0.717, 1.165) is 0 Å². The third-order valence-electron chi connectivity index (χ3n) is 3.51. The second kappa shape index (κ2) is 5.94. The Morgan fingerprint density at radius 3 is 2.40 bits per heavy atom. The first-order valence-corrected chi connectivity index (χ1v) is 6.02. The van der Waals surface area contributed by atoms with Crippen molar-refractivity contribution in [2.75, 3.05) is 0 Å². The first-order chi connectivity index (χ1) is 7.11. The number of rotatable bonds is 4. The minimum Gasteiger partial charge on any atom is -0.481 e. The van der Waals surface area contributed by atoms with Gasteiger partial charge >= 0.3 is 5.97 Å². The summed E-state index contributed by atoms with van der Waals surface area (Å²) in [6.07, 6.45) is 10.9. The summed E-state index contributed by atoms with van der Waals surface area (Å²) in [5.74, 6) is -0.132. The van der Waals surface area contributed by atoms with Gasteiger partial charge in [0, 0.05) is 0 Å². The highest BCUT2D eigenvalue weighted by atomic mass is 16.4. The molecule has 1 aliphatic carbocycles. The maximum Gasteiger partial charge on any atom is 0.306 e. The van der Waals surface area contributed by atoms with Gasteiger partial charge in [0.1, 0.15) is 0 Å². The highest BCUT2D eigenvalue weighted by Crippen LogP contribution is 2.25. The van der Waals surface area contributed by atoms with Crippen molar-refractivity contribution >= 4 is 5.97 Å². The van der Waals surface area contributed by atoms with Gasteiger partial charge < -0.3 is 5.11 Å². The van der Waals surface area contributed by atoms with Gasteiger partial charge in [0.2, 0.25) is 0 Å². The smallest absolute Gasteiger partial charge is 0.306 e. The summed E-state index contributed by atoms with van der Waals surface area (Å²) < 4.78 is 0. The van der Waals surface area contributed by atoms with Crippen molar-refractivity contribution in [3.05, 3.63) is 12.2 Å². The Kier molecular flexibility index (Phi) is 4.86. The molecule has 1 aliphatic rings. The van der Waals surface area contributed by atoms with E-state index >= 15 is 0 Å². The van der Waals surface area contributed by atoms with Crippen LogP contribution in [0.4, 0.5) is 0 Å². The normalized spacial score (nSPS) is 22.8. The number of carboxylic acid groups (broad SMARTS) is 1. The Morgan fingerprint density at radius 2 is 1.87 bits per heavy atom. The largest absolute Gasteiger partial charge is 0.481 e. The molecule has 0 bridgehead atoms. The van der Waals surface area contributed by atoms with Crippen molar-refractivity contribution in [3.8, 4) is 0 Å². The van der Waals surface area contributed by atoms with Gasteiger partial charge in [0.15, 0.2) is 0 Å². The minimum atomic E-state index is -0.698. The lowest BCUT2D eigenvalue weighted by Crippen LogP contribution is -2.16. The Bertz CT molecular complexity index is 227. The van der Waals surface area contributed by atoms with Crippen LogP contribution in [0.25, 0.3) is 0 Å². The minimum absolute atomic E-state index is 0.143. The van der Waals surface area contributed by atoms with Gasteiger partial charge in [-0.2, -0.15) is 0 Å². The molecular weight excluding hydrogens is 188 g/mol. The van der Waals surface area contributed by atoms with E-state index in [9.17, 15) is 4.79 Å². The molecule has 2 unspecified atom stereocenters. The van der Waals surface area contributed by atoms with E-state index in [2.05, 4.69) is 12.2 Å². The molecule has 0 heterocycles. The fourth-order valence-corrected chi connectivity index (χ4v) is 2.05. The molecule has 2 atom stereocenters. The van der Waals surface area contributed by atoms with Gasteiger partial charge in [0.05, 0.1) is 5.92 Å². The fourth-order valence-electron chi connectivity index (χ4n) is 2.05. The van der Waals surface area contributed by atoms with Gasteiger partial charge in [-0.25, -0.2) is 0 Å². The summed E-state index contributed by atoms with van der Waals surface area (Å²) in [7, 11) is 0. The summed E-state index contributed by atoms with van der Waals surface area (Å²) >= 11 is 0. The van der Waals surface area contributed by atoms with Crippen LogP contribution in [0.3, 0.4) is 0 Å².